The second-order valence-electron chi connectivity index (χ2n) is 7.38. The third-order valence-electron chi connectivity index (χ3n) is 5.37. The highest BCUT2D eigenvalue weighted by Crippen LogP contribution is 2.32. The van der Waals surface area contributed by atoms with E-state index in [1.807, 2.05) is 0 Å². The quantitative estimate of drug-likeness (QED) is 0.271. The van der Waals surface area contributed by atoms with E-state index in [4.69, 9.17) is 4.74 Å². The molecule has 0 radical (unpaired) electrons. The van der Waals surface area contributed by atoms with Gasteiger partial charge in [-0.15, -0.1) is 0 Å². The maximum Gasteiger partial charge on any atom is 0.326 e. The lowest BCUT2D eigenvalue weighted by molar-refractivity contribution is -0.387. The number of carbonyl (C=O) groups excluding carboxylic acids is 3. The number of nitro groups is 1. The number of amides is 2. The maximum atomic E-state index is 13.1. The molecule has 2 aliphatic rings. The van der Waals surface area contributed by atoms with Crippen molar-refractivity contribution in [2.24, 2.45) is 0 Å². The van der Waals surface area contributed by atoms with Gasteiger partial charge in [-0.05, 0) is 18.2 Å². The van der Waals surface area contributed by atoms with Crippen LogP contribution in [0.2, 0.25) is 0 Å². The molecule has 2 atom stereocenters. The molecular formula is C20H17N3O9S. The minimum Gasteiger partial charge on any atom is -0.442 e. The fraction of sp³-hybridized carbons (Fsp3) is 0.250. The lowest BCUT2D eigenvalue weighted by atomic mass is 10.1. The van der Waals surface area contributed by atoms with Crippen molar-refractivity contribution in [1.82, 2.24) is 9.21 Å². The molecule has 0 aliphatic carbocycles. The number of rotatable bonds is 6. The Balaban J connectivity index is 1.54. The summed E-state index contributed by atoms with van der Waals surface area (Å²) in [5, 5.41) is 21.3. The number of β-amino-alcohol motifs (C(OH)–C–C–N with tert-alkyl or cyclic N) is 1. The smallest absolute Gasteiger partial charge is 0.326 e. The van der Waals surface area contributed by atoms with Crippen LogP contribution in [0.3, 0.4) is 0 Å². The maximum absolute atomic E-state index is 13.1. The van der Waals surface area contributed by atoms with Crippen LogP contribution < -0.4 is 0 Å². The van der Waals surface area contributed by atoms with Crippen LogP contribution in [0.1, 0.15) is 27.1 Å². The molecule has 2 aliphatic heterocycles. The van der Waals surface area contributed by atoms with Crippen LogP contribution in [0.5, 0.6) is 0 Å². The van der Waals surface area contributed by atoms with Crippen LogP contribution in [0.4, 0.5) is 5.69 Å². The number of benzene rings is 2. The van der Waals surface area contributed by atoms with Gasteiger partial charge in [-0.3, -0.25) is 24.5 Å². The minimum atomic E-state index is -4.56. The summed E-state index contributed by atoms with van der Waals surface area (Å²) in [4.78, 5) is 48.0. The summed E-state index contributed by atoms with van der Waals surface area (Å²) in [6.45, 7) is -1.24. The van der Waals surface area contributed by atoms with E-state index >= 15 is 0 Å². The number of hydrogen-bond acceptors (Lipinski definition) is 9. The van der Waals surface area contributed by atoms with Gasteiger partial charge in [-0.1, -0.05) is 24.3 Å². The number of ether oxygens (including phenoxy) is 1. The number of esters is 1. The summed E-state index contributed by atoms with van der Waals surface area (Å²) in [5.41, 5.74) is -0.386. The number of carbonyl (C=O) groups is 3. The number of aliphatic hydroxyl groups excluding tert-OH is 1. The van der Waals surface area contributed by atoms with Crippen molar-refractivity contribution in [3.05, 3.63) is 69.8 Å². The van der Waals surface area contributed by atoms with E-state index < -0.39 is 68.7 Å². The van der Waals surface area contributed by atoms with E-state index in [0.717, 1.165) is 12.1 Å². The highest BCUT2D eigenvalue weighted by Gasteiger charge is 2.46. The molecule has 13 heteroatoms. The molecule has 2 aromatic carbocycles. The van der Waals surface area contributed by atoms with Gasteiger partial charge in [-0.2, -0.15) is 4.31 Å². The van der Waals surface area contributed by atoms with Crippen molar-refractivity contribution < 1.29 is 37.6 Å². The Bertz CT molecular complexity index is 1240. The fourth-order valence-electron chi connectivity index (χ4n) is 3.80. The SMILES string of the molecule is O=C(OCN1C(=O)c2ccccc2C1=O)C1CC(O)CN1S(=O)(=O)c1ccccc1[N+](=O)[O-]. The zero-order chi connectivity index (χ0) is 23.9. The third-order valence-corrected chi connectivity index (χ3v) is 7.29. The Morgan fingerprint density at radius 3 is 2.27 bits per heavy atom. The van der Waals surface area contributed by atoms with Crippen LogP contribution in [0, 0.1) is 10.1 Å². The highest BCUT2D eigenvalue weighted by molar-refractivity contribution is 7.89. The number of hydrogen-bond donors (Lipinski definition) is 1. The van der Waals surface area contributed by atoms with Gasteiger partial charge in [0.25, 0.3) is 27.5 Å². The molecule has 2 heterocycles. The second kappa shape index (κ2) is 8.35. The van der Waals surface area contributed by atoms with Crippen molar-refractivity contribution in [3.63, 3.8) is 0 Å². The van der Waals surface area contributed by atoms with Gasteiger partial charge < -0.3 is 9.84 Å². The first-order valence-electron chi connectivity index (χ1n) is 9.68. The van der Waals surface area contributed by atoms with Gasteiger partial charge in [0.1, 0.15) is 6.04 Å². The van der Waals surface area contributed by atoms with Crippen LogP contribution in [0.25, 0.3) is 0 Å². The first-order chi connectivity index (χ1) is 15.6. The Morgan fingerprint density at radius 2 is 1.67 bits per heavy atom. The summed E-state index contributed by atoms with van der Waals surface area (Å²) < 4.78 is 31.9. The Hall–Kier alpha value is -3.68. The standard InChI is InChI=1S/C20H17N3O9S/c24-12-9-16(22(10-12)33(30,31)17-8-4-3-7-15(17)23(28)29)20(27)32-11-21-18(25)13-5-1-2-6-14(13)19(21)26/h1-8,12,16,24H,9-11H2. The molecule has 2 unspecified atom stereocenters. The molecule has 33 heavy (non-hydrogen) atoms. The number of para-hydroxylation sites is 1. The Morgan fingerprint density at radius 1 is 1.09 bits per heavy atom. The number of fused-ring (bicyclic) bond motifs is 1. The largest absolute Gasteiger partial charge is 0.442 e. The van der Waals surface area contributed by atoms with Gasteiger partial charge in [0.05, 0.1) is 22.2 Å². The Kier molecular flexibility index (Phi) is 5.69. The monoisotopic (exact) mass is 475 g/mol. The number of imide groups is 1. The molecule has 1 N–H and O–H groups in total. The zero-order valence-electron chi connectivity index (χ0n) is 16.9. The van der Waals surface area contributed by atoms with E-state index in [2.05, 4.69) is 0 Å². The van der Waals surface area contributed by atoms with E-state index in [-0.39, 0.29) is 17.5 Å². The van der Waals surface area contributed by atoms with Crippen molar-refractivity contribution >= 4 is 33.5 Å². The van der Waals surface area contributed by atoms with Crippen LogP contribution in [-0.2, 0) is 19.6 Å². The van der Waals surface area contributed by atoms with Crippen molar-refractivity contribution in [2.45, 2.75) is 23.5 Å². The minimum absolute atomic E-state index is 0.149. The molecule has 1 fully saturated rings. The van der Waals surface area contributed by atoms with Crippen molar-refractivity contribution in [1.29, 1.82) is 0 Å². The molecular weight excluding hydrogens is 458 g/mol. The normalized spacial score (nSPS) is 20.7. The van der Waals surface area contributed by atoms with E-state index in [9.17, 15) is 38.0 Å². The van der Waals surface area contributed by atoms with Crippen LogP contribution >= 0.6 is 0 Å². The predicted molar refractivity (Wildman–Crippen MR) is 109 cm³/mol. The molecule has 0 spiro atoms. The number of nitrogens with zero attached hydrogens (tertiary/aromatic N) is 3. The van der Waals surface area contributed by atoms with Gasteiger partial charge in [-0.25, -0.2) is 13.3 Å². The van der Waals surface area contributed by atoms with Crippen LogP contribution in [0.15, 0.2) is 53.4 Å². The van der Waals surface area contributed by atoms with Gasteiger partial charge >= 0.3 is 5.97 Å². The van der Waals surface area contributed by atoms with Gasteiger partial charge in [0, 0.05) is 19.0 Å². The first kappa shape index (κ1) is 22.5. The van der Waals surface area contributed by atoms with Gasteiger partial charge in [0.2, 0.25) is 0 Å². The lowest BCUT2D eigenvalue weighted by Crippen LogP contribution is -2.43. The van der Waals surface area contributed by atoms with Gasteiger partial charge in [0.15, 0.2) is 11.6 Å². The summed E-state index contributed by atoms with van der Waals surface area (Å²) in [6.07, 6.45) is -1.54. The zero-order valence-corrected chi connectivity index (χ0v) is 17.7. The molecule has 0 bridgehead atoms. The Labute approximate surface area is 187 Å². The lowest BCUT2D eigenvalue weighted by Gasteiger charge is -2.23. The van der Waals surface area contributed by atoms with E-state index in [0.29, 0.717) is 9.21 Å². The summed E-state index contributed by atoms with van der Waals surface area (Å²) in [6, 6.07) is 9.17. The topological polar surface area (TPSA) is 164 Å². The average molecular weight is 475 g/mol. The molecule has 2 aromatic rings. The van der Waals surface area contributed by atoms with Crippen LogP contribution in [-0.4, -0.2) is 70.9 Å². The molecule has 2 amide bonds. The van der Waals surface area contributed by atoms with E-state index in [1.54, 1.807) is 12.1 Å². The summed E-state index contributed by atoms with van der Waals surface area (Å²) in [5.74, 6) is -2.44. The first-order valence-corrected chi connectivity index (χ1v) is 11.1. The van der Waals surface area contributed by atoms with E-state index in [1.165, 1.54) is 24.3 Å². The fourth-order valence-corrected chi connectivity index (χ4v) is 5.58. The summed E-state index contributed by atoms with van der Waals surface area (Å²) in [7, 11) is -4.56. The van der Waals surface area contributed by atoms with Crippen molar-refractivity contribution in [3.8, 4) is 0 Å². The number of nitro benzene ring substituents is 1. The highest BCUT2D eigenvalue weighted by atomic mass is 32.2. The molecule has 12 nitrogen and oxygen atoms in total. The second-order valence-corrected chi connectivity index (χ2v) is 9.24. The molecule has 172 valence electrons. The molecule has 1 saturated heterocycles. The number of sulfonamides is 1. The molecule has 0 saturated carbocycles. The summed E-state index contributed by atoms with van der Waals surface area (Å²) >= 11 is 0. The number of aliphatic hydroxyl groups is 1. The predicted octanol–water partition coefficient (Wildman–Crippen LogP) is 0.516. The third kappa shape index (κ3) is 3.86. The molecule has 0 aromatic heterocycles. The van der Waals surface area contributed by atoms with Crippen molar-refractivity contribution in [2.75, 3.05) is 13.3 Å². The average Bonchev–Trinajstić information content (AvgIpc) is 3.31. The molecule has 4 rings (SSSR count).